The van der Waals surface area contributed by atoms with Gasteiger partial charge in [0.25, 0.3) is 11.8 Å². The zero-order valence-corrected chi connectivity index (χ0v) is 14.4. The van der Waals surface area contributed by atoms with E-state index in [1.807, 2.05) is 13.0 Å². The lowest BCUT2D eigenvalue weighted by Crippen LogP contribution is -2.34. The number of hydrogen-bond donors (Lipinski definition) is 2. The fourth-order valence-corrected chi connectivity index (χ4v) is 2.39. The first kappa shape index (κ1) is 18.0. The maximum Gasteiger partial charge on any atom is 0.259 e. The molecule has 24 heavy (non-hydrogen) atoms. The Morgan fingerprint density at radius 1 is 1.12 bits per heavy atom. The van der Waals surface area contributed by atoms with Crippen LogP contribution in [0.2, 0.25) is 10.0 Å². The Morgan fingerprint density at radius 2 is 1.79 bits per heavy atom. The van der Waals surface area contributed by atoms with E-state index in [0.29, 0.717) is 21.2 Å². The number of rotatable bonds is 5. The molecule has 2 N–H and O–H groups in total. The lowest BCUT2D eigenvalue weighted by atomic mass is 10.1. The molecule has 0 aliphatic heterocycles. The Morgan fingerprint density at radius 3 is 2.46 bits per heavy atom. The molecule has 0 saturated carbocycles. The van der Waals surface area contributed by atoms with Crippen LogP contribution in [0.4, 0.5) is 0 Å². The molecule has 2 aromatic rings. The highest BCUT2D eigenvalue weighted by molar-refractivity contribution is 6.38. The average Bonchev–Trinajstić information content (AvgIpc) is 2.55. The molecule has 2 aromatic carbocycles. The quantitative estimate of drug-likeness (QED) is 0.632. The van der Waals surface area contributed by atoms with Crippen LogP contribution in [-0.2, 0) is 4.79 Å². The van der Waals surface area contributed by atoms with Crippen LogP contribution in [0, 0.1) is 6.92 Å². The Kier molecular flexibility index (Phi) is 6.35. The summed E-state index contributed by atoms with van der Waals surface area (Å²) in [6, 6.07) is 12.1. The van der Waals surface area contributed by atoms with Crippen molar-refractivity contribution in [3.8, 4) is 0 Å². The molecule has 0 aromatic heterocycles. The molecule has 0 radical (unpaired) electrons. The van der Waals surface area contributed by atoms with E-state index in [2.05, 4.69) is 15.8 Å². The number of hydrogen-bond acceptors (Lipinski definition) is 3. The van der Waals surface area contributed by atoms with Gasteiger partial charge in [0.15, 0.2) is 0 Å². The fraction of sp³-hybridized carbons (Fsp3) is 0.118. The maximum absolute atomic E-state index is 11.9. The van der Waals surface area contributed by atoms with Crippen molar-refractivity contribution in [1.82, 2.24) is 10.7 Å². The van der Waals surface area contributed by atoms with Crippen molar-refractivity contribution in [3.05, 3.63) is 69.2 Å². The molecule has 2 rings (SSSR count). The van der Waals surface area contributed by atoms with Gasteiger partial charge in [-0.3, -0.25) is 9.59 Å². The smallest absolute Gasteiger partial charge is 0.259 e. The summed E-state index contributed by atoms with van der Waals surface area (Å²) in [5.74, 6) is -0.789. The SMILES string of the molecule is Cc1cccc(C(=O)NCC(=O)N/N=C\c2c(Cl)cccc2Cl)c1. The van der Waals surface area contributed by atoms with Crippen LogP contribution in [0.5, 0.6) is 0 Å². The second kappa shape index (κ2) is 8.47. The summed E-state index contributed by atoms with van der Waals surface area (Å²) in [7, 11) is 0. The Hall–Kier alpha value is -2.37. The summed E-state index contributed by atoms with van der Waals surface area (Å²) in [5.41, 5.74) is 4.27. The second-order valence-corrected chi connectivity index (χ2v) is 5.80. The minimum absolute atomic E-state index is 0.194. The number of aryl methyl sites for hydroxylation is 1. The number of nitrogens with zero attached hydrogens (tertiary/aromatic N) is 1. The van der Waals surface area contributed by atoms with Gasteiger partial charge < -0.3 is 5.32 Å². The number of halogens is 2. The number of benzene rings is 2. The van der Waals surface area contributed by atoms with E-state index in [4.69, 9.17) is 23.2 Å². The van der Waals surface area contributed by atoms with E-state index in [9.17, 15) is 9.59 Å². The van der Waals surface area contributed by atoms with Gasteiger partial charge in [0.1, 0.15) is 0 Å². The van der Waals surface area contributed by atoms with Crippen LogP contribution in [0.3, 0.4) is 0 Å². The van der Waals surface area contributed by atoms with Crippen molar-refractivity contribution < 1.29 is 9.59 Å². The normalized spacial score (nSPS) is 10.6. The maximum atomic E-state index is 11.9. The van der Waals surface area contributed by atoms with Crippen molar-refractivity contribution in [3.63, 3.8) is 0 Å². The van der Waals surface area contributed by atoms with Crippen molar-refractivity contribution in [2.75, 3.05) is 6.54 Å². The molecule has 0 aliphatic rings. The lowest BCUT2D eigenvalue weighted by Gasteiger charge is -2.05. The van der Waals surface area contributed by atoms with E-state index in [-0.39, 0.29) is 12.5 Å². The molecule has 0 spiro atoms. The molecule has 124 valence electrons. The van der Waals surface area contributed by atoms with Gasteiger partial charge in [-0.15, -0.1) is 0 Å². The molecular weight excluding hydrogens is 349 g/mol. The van der Waals surface area contributed by atoms with Crippen LogP contribution in [0.15, 0.2) is 47.6 Å². The standard InChI is InChI=1S/C17H15Cl2N3O2/c1-11-4-2-5-12(8-11)17(24)20-10-16(23)22-21-9-13-14(18)6-3-7-15(13)19/h2-9H,10H2,1H3,(H,20,24)(H,22,23)/b21-9-. The number of nitrogens with one attached hydrogen (secondary N) is 2. The fourth-order valence-electron chi connectivity index (χ4n) is 1.89. The molecule has 0 fully saturated rings. The van der Waals surface area contributed by atoms with Gasteiger partial charge in [0.2, 0.25) is 0 Å². The van der Waals surface area contributed by atoms with E-state index >= 15 is 0 Å². The summed E-state index contributed by atoms with van der Waals surface area (Å²) in [6.45, 7) is 1.69. The van der Waals surface area contributed by atoms with Crippen LogP contribution < -0.4 is 10.7 Å². The van der Waals surface area contributed by atoms with Gasteiger partial charge in [0, 0.05) is 11.1 Å². The topological polar surface area (TPSA) is 70.6 Å². The average molecular weight is 364 g/mol. The van der Waals surface area contributed by atoms with Gasteiger partial charge >= 0.3 is 0 Å². The Balaban J connectivity index is 1.85. The zero-order chi connectivity index (χ0) is 17.5. The molecule has 2 amide bonds. The highest BCUT2D eigenvalue weighted by atomic mass is 35.5. The lowest BCUT2D eigenvalue weighted by molar-refractivity contribution is -0.120. The molecule has 5 nitrogen and oxygen atoms in total. The van der Waals surface area contributed by atoms with Crippen molar-refractivity contribution in [2.24, 2.45) is 5.10 Å². The van der Waals surface area contributed by atoms with E-state index in [0.717, 1.165) is 5.56 Å². The van der Waals surface area contributed by atoms with E-state index in [1.165, 1.54) is 6.21 Å². The monoisotopic (exact) mass is 363 g/mol. The van der Waals surface area contributed by atoms with Crippen LogP contribution in [-0.4, -0.2) is 24.6 Å². The number of hydrazone groups is 1. The minimum atomic E-state index is -0.463. The summed E-state index contributed by atoms with van der Waals surface area (Å²) >= 11 is 12.0. The van der Waals surface area contributed by atoms with E-state index in [1.54, 1.807) is 36.4 Å². The molecule has 7 heteroatoms. The van der Waals surface area contributed by atoms with Crippen LogP contribution >= 0.6 is 23.2 Å². The largest absolute Gasteiger partial charge is 0.343 e. The van der Waals surface area contributed by atoms with Gasteiger partial charge in [0.05, 0.1) is 22.8 Å². The van der Waals surface area contributed by atoms with Crippen LogP contribution in [0.25, 0.3) is 0 Å². The molecule has 0 bridgehead atoms. The van der Waals surface area contributed by atoms with Crippen molar-refractivity contribution >= 4 is 41.2 Å². The Labute approximate surface area is 149 Å². The molecule has 0 atom stereocenters. The summed E-state index contributed by atoms with van der Waals surface area (Å²) in [4.78, 5) is 23.6. The van der Waals surface area contributed by atoms with Gasteiger partial charge in [-0.2, -0.15) is 5.10 Å². The Bertz CT molecular complexity index is 771. The third-order valence-corrected chi connectivity index (χ3v) is 3.73. The minimum Gasteiger partial charge on any atom is -0.343 e. The van der Waals surface area contributed by atoms with Gasteiger partial charge in [-0.25, -0.2) is 5.43 Å². The summed E-state index contributed by atoms with van der Waals surface area (Å²) in [6.07, 6.45) is 1.35. The third kappa shape index (κ3) is 5.08. The van der Waals surface area contributed by atoms with Crippen molar-refractivity contribution in [1.29, 1.82) is 0 Å². The number of carbonyl (C=O) groups is 2. The first-order valence-electron chi connectivity index (χ1n) is 7.08. The number of carbonyl (C=O) groups excluding carboxylic acids is 2. The number of amides is 2. The molecule has 0 heterocycles. The predicted molar refractivity (Wildman–Crippen MR) is 95.7 cm³/mol. The first-order chi connectivity index (χ1) is 11.5. The highest BCUT2D eigenvalue weighted by Gasteiger charge is 2.08. The molecule has 0 unspecified atom stereocenters. The van der Waals surface area contributed by atoms with Crippen molar-refractivity contribution in [2.45, 2.75) is 6.92 Å². The zero-order valence-electron chi connectivity index (χ0n) is 12.8. The van der Waals surface area contributed by atoms with E-state index < -0.39 is 5.91 Å². The molecule has 0 aliphatic carbocycles. The molecule has 0 saturated heterocycles. The highest BCUT2D eigenvalue weighted by Crippen LogP contribution is 2.21. The first-order valence-corrected chi connectivity index (χ1v) is 7.84. The summed E-state index contributed by atoms with van der Waals surface area (Å²) in [5, 5.41) is 7.15. The van der Waals surface area contributed by atoms with Crippen LogP contribution in [0.1, 0.15) is 21.5 Å². The van der Waals surface area contributed by atoms with Gasteiger partial charge in [-0.1, -0.05) is 47.0 Å². The summed E-state index contributed by atoms with van der Waals surface area (Å²) < 4.78 is 0. The van der Waals surface area contributed by atoms with Gasteiger partial charge in [-0.05, 0) is 31.2 Å². The second-order valence-electron chi connectivity index (χ2n) is 4.98. The predicted octanol–water partition coefficient (Wildman–Crippen LogP) is 3.18. The molecular formula is C17H15Cl2N3O2. The third-order valence-electron chi connectivity index (χ3n) is 3.07.